The van der Waals surface area contributed by atoms with Gasteiger partial charge in [-0.25, -0.2) is 4.79 Å². The van der Waals surface area contributed by atoms with Gasteiger partial charge in [-0.3, -0.25) is 4.79 Å². The normalized spacial score (nSPS) is 17.5. The average molecular weight is 392 g/mol. The molecule has 2 unspecified atom stereocenters. The zero-order valence-corrected chi connectivity index (χ0v) is 15.8. The van der Waals surface area contributed by atoms with E-state index in [4.69, 9.17) is 14.2 Å². The van der Waals surface area contributed by atoms with Crippen molar-refractivity contribution in [3.05, 3.63) is 35.9 Å². The first-order valence-corrected chi connectivity index (χ1v) is 9.46. The number of hydrogen-bond acceptors (Lipinski definition) is 7. The van der Waals surface area contributed by atoms with Crippen LogP contribution in [-0.4, -0.2) is 43.4 Å². The van der Waals surface area contributed by atoms with E-state index in [1.807, 2.05) is 30.3 Å². The first-order valence-electron chi connectivity index (χ1n) is 9.46. The van der Waals surface area contributed by atoms with Gasteiger partial charge in [-0.1, -0.05) is 30.3 Å². The van der Waals surface area contributed by atoms with E-state index in [-0.39, 0.29) is 19.6 Å². The molecule has 0 spiro atoms. The van der Waals surface area contributed by atoms with Crippen LogP contribution in [-0.2, 0) is 30.4 Å². The topological polar surface area (TPSA) is 114 Å². The number of alkyl carbamates (subject to hydrolysis) is 1. The summed E-state index contributed by atoms with van der Waals surface area (Å²) >= 11 is 0. The van der Waals surface area contributed by atoms with Gasteiger partial charge >= 0.3 is 6.09 Å². The highest BCUT2D eigenvalue weighted by atomic mass is 16.7. The van der Waals surface area contributed by atoms with Crippen molar-refractivity contribution in [2.24, 2.45) is 0 Å². The molecule has 2 rings (SSSR count). The van der Waals surface area contributed by atoms with Crippen LogP contribution in [0.4, 0.5) is 4.79 Å². The Morgan fingerprint density at radius 3 is 2.68 bits per heavy atom. The van der Waals surface area contributed by atoms with Crippen molar-refractivity contribution in [3.63, 3.8) is 0 Å². The van der Waals surface area contributed by atoms with Crippen molar-refractivity contribution in [3.8, 4) is 0 Å². The summed E-state index contributed by atoms with van der Waals surface area (Å²) in [7, 11) is 0. The Morgan fingerprint density at radius 1 is 1.21 bits per heavy atom. The molecule has 1 aliphatic rings. The summed E-state index contributed by atoms with van der Waals surface area (Å²) in [6, 6.07) is 9.29. The monoisotopic (exact) mass is 392 g/mol. The maximum atomic E-state index is 11.8. The number of nitrogens with one attached hydrogen (secondary N) is 1. The SMILES string of the molecule is O=C([O-])CC(=O)CC(CCNC(=O)OCc1ccccc1)OC1CCCCO1. The molecule has 1 aliphatic heterocycles. The van der Waals surface area contributed by atoms with Gasteiger partial charge in [0.05, 0.1) is 6.10 Å². The Balaban J connectivity index is 1.75. The maximum Gasteiger partial charge on any atom is 0.407 e. The molecule has 1 amide bonds. The molecule has 1 aromatic carbocycles. The molecule has 1 N–H and O–H groups in total. The third-order valence-electron chi connectivity index (χ3n) is 4.23. The standard InChI is InChI=1S/C20H27NO7/c22-16(13-18(23)24)12-17(28-19-8-4-5-11-26-19)9-10-21-20(25)27-14-15-6-2-1-3-7-15/h1-3,6-7,17,19H,4-5,8-14H2,(H,21,25)(H,23,24)/p-1. The Kier molecular flexibility index (Phi) is 9.44. The average Bonchev–Trinajstić information content (AvgIpc) is 2.67. The van der Waals surface area contributed by atoms with E-state index < -0.39 is 36.7 Å². The second kappa shape index (κ2) is 12.1. The molecule has 1 aromatic rings. The second-order valence-electron chi connectivity index (χ2n) is 6.62. The fourth-order valence-electron chi connectivity index (χ4n) is 2.85. The molecule has 28 heavy (non-hydrogen) atoms. The first-order chi connectivity index (χ1) is 13.5. The summed E-state index contributed by atoms with van der Waals surface area (Å²) < 4.78 is 16.4. The van der Waals surface area contributed by atoms with E-state index in [1.165, 1.54) is 0 Å². The van der Waals surface area contributed by atoms with Crippen LogP contribution in [0.25, 0.3) is 0 Å². The van der Waals surface area contributed by atoms with Gasteiger partial charge in [0.1, 0.15) is 12.4 Å². The second-order valence-corrected chi connectivity index (χ2v) is 6.62. The molecule has 8 nitrogen and oxygen atoms in total. The fourth-order valence-corrected chi connectivity index (χ4v) is 2.85. The van der Waals surface area contributed by atoms with Crippen molar-refractivity contribution in [2.75, 3.05) is 13.2 Å². The van der Waals surface area contributed by atoms with E-state index in [2.05, 4.69) is 5.32 Å². The number of Topliss-reactive ketones (excluding diaryl/α,β-unsaturated/α-hetero) is 1. The van der Waals surface area contributed by atoms with Gasteiger partial charge in [-0.2, -0.15) is 0 Å². The zero-order chi connectivity index (χ0) is 20.2. The maximum absolute atomic E-state index is 11.8. The molecule has 8 heteroatoms. The minimum atomic E-state index is -1.42. The van der Waals surface area contributed by atoms with E-state index in [0.29, 0.717) is 13.0 Å². The van der Waals surface area contributed by atoms with E-state index in [9.17, 15) is 19.5 Å². The van der Waals surface area contributed by atoms with Gasteiger partial charge in [0.2, 0.25) is 0 Å². The van der Waals surface area contributed by atoms with Crippen LogP contribution in [0.1, 0.15) is 44.1 Å². The predicted molar refractivity (Wildman–Crippen MR) is 97.0 cm³/mol. The molecule has 1 saturated heterocycles. The molecule has 2 atom stereocenters. The third-order valence-corrected chi connectivity index (χ3v) is 4.23. The van der Waals surface area contributed by atoms with E-state index >= 15 is 0 Å². The van der Waals surface area contributed by atoms with Crippen LogP contribution < -0.4 is 10.4 Å². The number of carbonyl (C=O) groups is 3. The summed E-state index contributed by atoms with van der Waals surface area (Å²) in [5, 5.41) is 13.2. The number of ether oxygens (including phenoxy) is 3. The summed E-state index contributed by atoms with van der Waals surface area (Å²) in [4.78, 5) is 34.2. The largest absolute Gasteiger partial charge is 0.550 e. The van der Waals surface area contributed by atoms with Crippen molar-refractivity contribution in [1.82, 2.24) is 5.32 Å². The number of ketones is 1. The lowest BCUT2D eigenvalue weighted by atomic mass is 10.1. The Bertz CT molecular complexity index is 629. The molecule has 0 aromatic heterocycles. The van der Waals surface area contributed by atoms with Gasteiger partial charge in [0.15, 0.2) is 6.29 Å². The van der Waals surface area contributed by atoms with Crippen LogP contribution in [0.2, 0.25) is 0 Å². The third kappa shape index (κ3) is 8.96. The lowest BCUT2D eigenvalue weighted by molar-refractivity contribution is -0.304. The van der Waals surface area contributed by atoms with Gasteiger partial charge in [0.25, 0.3) is 0 Å². The molecule has 154 valence electrons. The number of amides is 1. The number of carbonyl (C=O) groups excluding carboxylic acids is 3. The van der Waals surface area contributed by atoms with Crippen molar-refractivity contribution < 1.29 is 33.7 Å². The van der Waals surface area contributed by atoms with Gasteiger partial charge in [0, 0.05) is 32.0 Å². The minimum absolute atomic E-state index is 0.0748. The Labute approximate surface area is 164 Å². The van der Waals surface area contributed by atoms with Crippen molar-refractivity contribution in [1.29, 1.82) is 0 Å². The predicted octanol–water partition coefficient (Wildman–Crippen LogP) is 1.31. The Morgan fingerprint density at radius 2 is 2.00 bits per heavy atom. The Hall–Kier alpha value is -2.45. The lowest BCUT2D eigenvalue weighted by Crippen LogP contribution is -2.34. The number of rotatable bonds is 11. The fraction of sp³-hybridized carbons (Fsp3) is 0.550. The molecule has 0 radical (unpaired) electrons. The van der Waals surface area contributed by atoms with Gasteiger partial charge in [-0.15, -0.1) is 0 Å². The minimum Gasteiger partial charge on any atom is -0.550 e. The highest BCUT2D eigenvalue weighted by Crippen LogP contribution is 2.18. The van der Waals surface area contributed by atoms with Crippen molar-refractivity contribution in [2.45, 2.75) is 57.5 Å². The smallest absolute Gasteiger partial charge is 0.407 e. The van der Waals surface area contributed by atoms with Crippen LogP contribution in [0, 0.1) is 0 Å². The number of aliphatic carboxylic acids is 1. The molecular weight excluding hydrogens is 366 g/mol. The number of benzene rings is 1. The molecule has 0 bridgehead atoms. The highest BCUT2D eigenvalue weighted by Gasteiger charge is 2.22. The molecule has 1 fully saturated rings. The first kappa shape index (κ1) is 21.8. The number of carboxylic acid groups (broad SMARTS) is 1. The summed E-state index contributed by atoms with van der Waals surface area (Å²) in [5.41, 5.74) is 0.876. The molecule has 0 aliphatic carbocycles. The van der Waals surface area contributed by atoms with Crippen LogP contribution in [0.5, 0.6) is 0 Å². The molecule has 0 saturated carbocycles. The molecule has 1 heterocycles. The summed E-state index contributed by atoms with van der Waals surface area (Å²) in [6.45, 7) is 0.977. The van der Waals surface area contributed by atoms with E-state index in [0.717, 1.165) is 24.8 Å². The zero-order valence-electron chi connectivity index (χ0n) is 15.8. The molecular formula is C20H26NO7-. The lowest BCUT2D eigenvalue weighted by Gasteiger charge is -2.27. The summed E-state index contributed by atoms with van der Waals surface area (Å²) in [5.74, 6) is -1.90. The van der Waals surface area contributed by atoms with Crippen LogP contribution >= 0.6 is 0 Å². The summed E-state index contributed by atoms with van der Waals surface area (Å²) in [6.07, 6.45) is 0.710. The quantitative estimate of drug-likeness (QED) is 0.565. The highest BCUT2D eigenvalue weighted by molar-refractivity contribution is 5.94. The van der Waals surface area contributed by atoms with Gasteiger partial charge < -0.3 is 29.4 Å². The number of hydrogen-bond donors (Lipinski definition) is 1. The van der Waals surface area contributed by atoms with E-state index in [1.54, 1.807) is 0 Å². The number of carboxylic acids is 1. The van der Waals surface area contributed by atoms with Crippen molar-refractivity contribution >= 4 is 17.8 Å². The van der Waals surface area contributed by atoms with Crippen LogP contribution in [0.15, 0.2) is 30.3 Å². The van der Waals surface area contributed by atoms with Crippen LogP contribution in [0.3, 0.4) is 0 Å². The van der Waals surface area contributed by atoms with Gasteiger partial charge in [-0.05, 0) is 31.2 Å².